The van der Waals surface area contributed by atoms with Crippen molar-refractivity contribution in [2.45, 2.75) is 32.8 Å². The van der Waals surface area contributed by atoms with Crippen LogP contribution in [0.3, 0.4) is 0 Å². The van der Waals surface area contributed by atoms with Crippen LogP contribution in [0.1, 0.15) is 26.7 Å². The summed E-state index contributed by atoms with van der Waals surface area (Å²) < 4.78 is 20.0. The van der Waals surface area contributed by atoms with Gasteiger partial charge in [0.25, 0.3) is 0 Å². The lowest BCUT2D eigenvalue weighted by molar-refractivity contribution is -0.121. The number of carbonyl (C=O) groups excluding carboxylic acids is 1. The number of fused-ring (bicyclic) bond motifs is 1. The van der Waals surface area contributed by atoms with Crippen molar-refractivity contribution in [2.75, 3.05) is 5.32 Å². The highest BCUT2D eigenvalue weighted by molar-refractivity contribution is 6.30. The zero-order chi connectivity index (χ0) is 21.3. The maximum absolute atomic E-state index is 13.7. The van der Waals surface area contributed by atoms with E-state index in [1.54, 1.807) is 30.5 Å². The normalized spacial score (nSPS) is 22.1. The molecule has 1 aliphatic carbocycles. The van der Waals surface area contributed by atoms with Crippen molar-refractivity contribution in [2.24, 2.45) is 17.8 Å². The smallest absolute Gasteiger partial charge is 0.228 e. The fourth-order valence-corrected chi connectivity index (χ4v) is 4.39. The van der Waals surface area contributed by atoms with Gasteiger partial charge in [0.15, 0.2) is 0 Å². The Morgan fingerprint density at radius 2 is 2.07 bits per heavy atom. The van der Waals surface area contributed by atoms with Crippen LogP contribution < -0.4 is 10.1 Å². The molecule has 156 valence electrons. The Bertz CT molecular complexity index is 1060. The van der Waals surface area contributed by atoms with Crippen molar-refractivity contribution in [3.63, 3.8) is 0 Å². The van der Waals surface area contributed by atoms with Gasteiger partial charge < -0.3 is 10.1 Å². The highest BCUT2D eigenvalue weighted by Crippen LogP contribution is 2.40. The van der Waals surface area contributed by atoms with Gasteiger partial charge in [-0.1, -0.05) is 25.4 Å². The van der Waals surface area contributed by atoms with Crippen molar-refractivity contribution in [3.05, 3.63) is 59.6 Å². The quantitative estimate of drug-likeness (QED) is 0.584. The molecule has 0 saturated heterocycles. The third kappa shape index (κ3) is 4.38. The number of rotatable bonds is 5. The number of halogens is 2. The predicted octanol–water partition coefficient (Wildman–Crippen LogP) is 5.49. The molecule has 4 atom stereocenters. The first-order valence-electron chi connectivity index (χ1n) is 10.0. The Hall–Kier alpha value is -2.73. The molecule has 1 amide bonds. The minimum atomic E-state index is -0.320. The molecular weight excluding hydrogens is 405 g/mol. The first-order valence-corrected chi connectivity index (χ1v) is 10.4. The van der Waals surface area contributed by atoms with Crippen LogP contribution in [-0.4, -0.2) is 22.0 Å². The number of carbonyl (C=O) groups is 1. The van der Waals surface area contributed by atoms with E-state index in [-0.39, 0.29) is 29.7 Å². The molecule has 0 spiro atoms. The first kappa shape index (κ1) is 20.5. The number of benzene rings is 1. The SMILES string of the molecule is CC1CC(Oc2ccnc3ccc(F)cc23)CC1C(C)C(=O)Nc1ccc(Cl)cn1. The fourth-order valence-electron chi connectivity index (χ4n) is 4.27. The summed E-state index contributed by atoms with van der Waals surface area (Å²) in [7, 11) is 0. The maximum Gasteiger partial charge on any atom is 0.228 e. The lowest BCUT2D eigenvalue weighted by Gasteiger charge is -2.22. The van der Waals surface area contributed by atoms with Gasteiger partial charge >= 0.3 is 0 Å². The van der Waals surface area contributed by atoms with Crippen LogP contribution in [-0.2, 0) is 4.79 Å². The number of aromatic nitrogens is 2. The van der Waals surface area contributed by atoms with Gasteiger partial charge in [-0.25, -0.2) is 9.37 Å². The van der Waals surface area contributed by atoms with E-state index >= 15 is 0 Å². The lowest BCUT2D eigenvalue weighted by Crippen LogP contribution is -2.29. The van der Waals surface area contributed by atoms with Crippen LogP contribution in [0.5, 0.6) is 5.75 Å². The highest BCUT2D eigenvalue weighted by Gasteiger charge is 2.38. The number of hydrogen-bond acceptors (Lipinski definition) is 4. The van der Waals surface area contributed by atoms with Crippen molar-refractivity contribution in [3.8, 4) is 5.75 Å². The van der Waals surface area contributed by atoms with Gasteiger partial charge in [0.2, 0.25) is 5.91 Å². The monoisotopic (exact) mass is 427 g/mol. The van der Waals surface area contributed by atoms with E-state index in [4.69, 9.17) is 16.3 Å². The lowest BCUT2D eigenvalue weighted by atomic mass is 9.85. The third-order valence-electron chi connectivity index (χ3n) is 5.89. The summed E-state index contributed by atoms with van der Waals surface area (Å²) >= 11 is 5.85. The Labute approximate surface area is 179 Å². The zero-order valence-corrected chi connectivity index (χ0v) is 17.6. The maximum atomic E-state index is 13.7. The van der Waals surface area contributed by atoms with E-state index in [0.29, 0.717) is 33.4 Å². The summed E-state index contributed by atoms with van der Waals surface area (Å²) in [6.45, 7) is 4.08. The Morgan fingerprint density at radius 1 is 1.23 bits per heavy atom. The van der Waals surface area contributed by atoms with Crippen LogP contribution >= 0.6 is 11.6 Å². The molecule has 1 N–H and O–H groups in total. The van der Waals surface area contributed by atoms with Gasteiger partial charge in [-0.15, -0.1) is 0 Å². The molecule has 1 fully saturated rings. The molecule has 0 radical (unpaired) electrons. The zero-order valence-electron chi connectivity index (χ0n) is 16.8. The number of amides is 1. The molecule has 4 rings (SSSR count). The molecule has 1 aromatic carbocycles. The second kappa shape index (κ2) is 8.56. The summed E-state index contributed by atoms with van der Waals surface area (Å²) in [5.41, 5.74) is 0.694. The van der Waals surface area contributed by atoms with E-state index in [9.17, 15) is 9.18 Å². The molecule has 4 unspecified atom stereocenters. The van der Waals surface area contributed by atoms with Crippen molar-refractivity contribution in [1.82, 2.24) is 9.97 Å². The van der Waals surface area contributed by atoms with Crippen molar-refractivity contribution < 1.29 is 13.9 Å². The topological polar surface area (TPSA) is 64.1 Å². The van der Waals surface area contributed by atoms with Crippen LogP contribution in [0.4, 0.5) is 10.2 Å². The van der Waals surface area contributed by atoms with Gasteiger partial charge in [0.05, 0.1) is 16.6 Å². The summed E-state index contributed by atoms with van der Waals surface area (Å²) in [6, 6.07) is 9.63. The molecule has 5 nitrogen and oxygen atoms in total. The minimum absolute atomic E-state index is 0.0391. The van der Waals surface area contributed by atoms with E-state index in [1.807, 2.05) is 6.92 Å². The van der Waals surface area contributed by atoms with Crippen LogP contribution in [0.2, 0.25) is 5.02 Å². The summed E-state index contributed by atoms with van der Waals surface area (Å²) in [5.74, 6) is 1.02. The van der Waals surface area contributed by atoms with Gasteiger partial charge in [0, 0.05) is 23.7 Å². The first-order chi connectivity index (χ1) is 14.4. The molecule has 2 heterocycles. The summed E-state index contributed by atoms with van der Waals surface area (Å²) in [6.07, 6.45) is 4.72. The number of hydrogen-bond donors (Lipinski definition) is 1. The Morgan fingerprint density at radius 3 is 2.83 bits per heavy atom. The van der Waals surface area contributed by atoms with Crippen LogP contribution in [0.15, 0.2) is 48.8 Å². The number of ether oxygens (including phenoxy) is 1. The highest BCUT2D eigenvalue weighted by atomic mass is 35.5. The second-order valence-electron chi connectivity index (χ2n) is 7.96. The van der Waals surface area contributed by atoms with Crippen LogP contribution in [0.25, 0.3) is 10.9 Å². The molecule has 1 saturated carbocycles. The Kier molecular flexibility index (Phi) is 5.86. The van der Waals surface area contributed by atoms with E-state index in [1.165, 1.54) is 18.3 Å². The van der Waals surface area contributed by atoms with Gasteiger partial charge in [-0.05, 0) is 61.1 Å². The molecule has 0 bridgehead atoms. The number of nitrogens with one attached hydrogen (secondary N) is 1. The summed E-state index contributed by atoms with van der Waals surface area (Å²) in [5, 5.41) is 4.04. The van der Waals surface area contributed by atoms with Gasteiger partial charge in [0.1, 0.15) is 17.4 Å². The van der Waals surface area contributed by atoms with Crippen LogP contribution in [0, 0.1) is 23.6 Å². The van der Waals surface area contributed by atoms with E-state index in [2.05, 4.69) is 22.2 Å². The molecule has 2 aromatic heterocycles. The second-order valence-corrected chi connectivity index (χ2v) is 8.40. The Balaban J connectivity index is 1.44. The molecular formula is C23H23ClFN3O2. The van der Waals surface area contributed by atoms with Crippen molar-refractivity contribution >= 4 is 34.2 Å². The predicted molar refractivity (Wildman–Crippen MR) is 115 cm³/mol. The number of nitrogens with zero attached hydrogens (tertiary/aromatic N) is 2. The largest absolute Gasteiger partial charge is 0.490 e. The van der Waals surface area contributed by atoms with Gasteiger partial charge in [-0.2, -0.15) is 0 Å². The summed E-state index contributed by atoms with van der Waals surface area (Å²) in [4.78, 5) is 21.1. The molecule has 30 heavy (non-hydrogen) atoms. The van der Waals surface area contributed by atoms with E-state index < -0.39 is 0 Å². The molecule has 0 aliphatic heterocycles. The number of pyridine rings is 2. The third-order valence-corrected chi connectivity index (χ3v) is 6.12. The van der Waals surface area contributed by atoms with E-state index in [0.717, 1.165) is 12.8 Å². The minimum Gasteiger partial charge on any atom is -0.490 e. The molecule has 1 aliphatic rings. The molecule has 7 heteroatoms. The molecule has 3 aromatic rings. The standard InChI is InChI=1S/C23H23ClFN3O2/c1-13-9-17(30-21-7-8-26-20-5-4-16(25)10-19(20)21)11-18(13)14(2)23(29)28-22-6-3-15(24)12-27-22/h3-8,10,12-14,17-18H,9,11H2,1-2H3,(H,27,28,29). The fraction of sp³-hybridized carbons (Fsp3) is 0.348. The average molecular weight is 428 g/mol. The van der Waals surface area contributed by atoms with Crippen molar-refractivity contribution in [1.29, 1.82) is 0 Å². The average Bonchev–Trinajstić information content (AvgIpc) is 3.09. The van der Waals surface area contributed by atoms with Gasteiger partial charge in [-0.3, -0.25) is 9.78 Å². The number of anilines is 1.